The fourth-order valence-electron chi connectivity index (χ4n) is 6.85. The van der Waals surface area contributed by atoms with Crippen molar-refractivity contribution in [3.8, 4) is 0 Å². The number of nitrogens with one attached hydrogen (secondary N) is 3. The Balaban J connectivity index is 1.48. The van der Waals surface area contributed by atoms with Crippen LogP contribution in [0.1, 0.15) is 51.2 Å². The van der Waals surface area contributed by atoms with E-state index >= 15 is 0 Å². The summed E-state index contributed by atoms with van der Waals surface area (Å²) in [4.78, 5) is 70.6. The van der Waals surface area contributed by atoms with E-state index in [0.29, 0.717) is 25.9 Å². The first kappa shape index (κ1) is 41.2. The third kappa shape index (κ3) is 11.3. The molecule has 3 unspecified atom stereocenters. The van der Waals surface area contributed by atoms with E-state index in [1.165, 1.54) is 16.7 Å². The minimum absolute atomic E-state index is 0.0595. The molecule has 5 rings (SSSR count). The molecule has 1 heterocycles. The number of ketones is 1. The van der Waals surface area contributed by atoms with Crippen LogP contribution in [-0.2, 0) is 36.9 Å². The molecule has 12 nitrogen and oxygen atoms in total. The minimum atomic E-state index is -1.31. The fraction of sp³-hybridized carbons (Fsp3) is 0.405. The second-order valence-electron chi connectivity index (χ2n) is 14.8. The van der Waals surface area contributed by atoms with Gasteiger partial charge in [0.2, 0.25) is 17.7 Å². The number of nitrogens with zero attached hydrogens (tertiary/aromatic N) is 1. The molecule has 1 aliphatic rings. The van der Waals surface area contributed by atoms with Crippen LogP contribution in [0.4, 0.5) is 4.79 Å². The molecule has 0 spiro atoms. The van der Waals surface area contributed by atoms with E-state index in [0.717, 1.165) is 32.7 Å². The van der Waals surface area contributed by atoms with Gasteiger partial charge in [0.05, 0.1) is 17.8 Å². The van der Waals surface area contributed by atoms with Crippen molar-refractivity contribution in [3.63, 3.8) is 0 Å². The van der Waals surface area contributed by atoms with E-state index in [-0.39, 0.29) is 30.9 Å². The number of Topliss-reactive ketones (excluding diaryl/α,β-unsaturated/α-hetero) is 1. The molecule has 1 fully saturated rings. The number of ether oxygens (including phenoxy) is 1. The zero-order chi connectivity index (χ0) is 39.5. The standard InChI is InChI=1S/C42H52N6O6S/c1-42(2,3)54-41(53)47-33(20-8-9-21-43)38(50)34-24-48(36(39(44)51)22-29-16-10-14-27-12-4-6-18-31(27)29)37(49)26-55-25-35(40(52)46-34)45-23-30-17-11-15-28-13-5-7-19-32(28)30/h4-7,10-19,33-36,45H,8-9,20-26,43H2,1-3H3,(H2,44,51)(H,46,52)(H,47,53)/t33-,34?,35?,36?/m1/s1. The number of primary amides is 1. The van der Waals surface area contributed by atoms with Crippen molar-refractivity contribution in [1.82, 2.24) is 20.9 Å². The van der Waals surface area contributed by atoms with Crippen LogP contribution < -0.4 is 27.4 Å². The molecule has 0 radical (unpaired) electrons. The number of carbonyl (C=O) groups excluding carboxylic acids is 5. The quantitative estimate of drug-likeness (QED) is 0.117. The van der Waals surface area contributed by atoms with Crippen molar-refractivity contribution in [2.75, 3.05) is 24.6 Å². The molecule has 292 valence electrons. The van der Waals surface area contributed by atoms with Gasteiger partial charge in [-0.05, 0) is 79.3 Å². The second kappa shape index (κ2) is 19.1. The predicted octanol–water partition coefficient (Wildman–Crippen LogP) is 4.20. The molecule has 4 amide bonds. The van der Waals surface area contributed by atoms with Gasteiger partial charge in [-0.15, -0.1) is 11.8 Å². The van der Waals surface area contributed by atoms with Gasteiger partial charge in [-0.25, -0.2) is 4.79 Å². The lowest BCUT2D eigenvalue weighted by atomic mass is 9.95. The number of fused-ring (bicyclic) bond motifs is 2. The molecule has 1 saturated heterocycles. The lowest BCUT2D eigenvalue weighted by Crippen LogP contribution is -2.62. The highest BCUT2D eigenvalue weighted by molar-refractivity contribution is 8.00. The summed E-state index contributed by atoms with van der Waals surface area (Å²) in [5.74, 6) is -2.00. The van der Waals surface area contributed by atoms with Gasteiger partial charge in [0.25, 0.3) is 0 Å². The zero-order valence-electron chi connectivity index (χ0n) is 31.7. The topological polar surface area (TPSA) is 186 Å². The summed E-state index contributed by atoms with van der Waals surface area (Å²) in [5.41, 5.74) is 12.8. The number of nitrogens with two attached hydrogens (primary N) is 2. The third-order valence-electron chi connectivity index (χ3n) is 9.58. The predicted molar refractivity (Wildman–Crippen MR) is 217 cm³/mol. The monoisotopic (exact) mass is 768 g/mol. The Labute approximate surface area is 326 Å². The average Bonchev–Trinajstić information content (AvgIpc) is 3.15. The van der Waals surface area contributed by atoms with Crippen LogP contribution in [-0.4, -0.2) is 88.9 Å². The van der Waals surface area contributed by atoms with Crippen LogP contribution in [0.15, 0.2) is 84.9 Å². The number of carbonyl (C=O) groups is 5. The molecule has 0 bridgehead atoms. The molecule has 0 saturated carbocycles. The highest BCUT2D eigenvalue weighted by Crippen LogP contribution is 2.24. The highest BCUT2D eigenvalue weighted by atomic mass is 32.2. The van der Waals surface area contributed by atoms with Crippen molar-refractivity contribution in [3.05, 3.63) is 96.1 Å². The van der Waals surface area contributed by atoms with E-state index < -0.39 is 59.4 Å². The van der Waals surface area contributed by atoms with E-state index in [1.54, 1.807) is 20.8 Å². The van der Waals surface area contributed by atoms with Gasteiger partial charge in [0, 0.05) is 25.3 Å². The largest absolute Gasteiger partial charge is 0.444 e. The SMILES string of the molecule is CC(C)(C)OC(=O)N[C@H](CCCCN)C(=O)C1CN(C(Cc2cccc3ccccc23)C(N)=O)C(=O)CSCC(NCc2cccc3ccccc23)C(=O)N1. The summed E-state index contributed by atoms with van der Waals surface area (Å²) in [6.45, 7) is 5.54. The van der Waals surface area contributed by atoms with Gasteiger partial charge < -0.3 is 37.1 Å². The molecule has 4 atom stereocenters. The van der Waals surface area contributed by atoms with E-state index in [2.05, 4.69) is 16.0 Å². The van der Waals surface area contributed by atoms with Crippen molar-refractivity contribution < 1.29 is 28.7 Å². The number of rotatable bonds is 14. The lowest BCUT2D eigenvalue weighted by molar-refractivity contribution is -0.140. The first-order valence-corrected chi connectivity index (χ1v) is 19.9. The lowest BCUT2D eigenvalue weighted by Gasteiger charge is -2.36. The molecule has 4 aromatic rings. The Morgan fingerprint density at radius 3 is 2.16 bits per heavy atom. The summed E-state index contributed by atoms with van der Waals surface area (Å²) in [6, 6.07) is 23.0. The third-order valence-corrected chi connectivity index (χ3v) is 10.6. The van der Waals surface area contributed by atoms with E-state index in [1.807, 2.05) is 84.9 Å². The number of alkyl carbamates (subject to hydrolysis) is 1. The number of hydrogen-bond donors (Lipinski definition) is 5. The number of amides is 4. The molecule has 4 aromatic carbocycles. The molecule has 55 heavy (non-hydrogen) atoms. The summed E-state index contributed by atoms with van der Waals surface area (Å²) < 4.78 is 5.49. The van der Waals surface area contributed by atoms with E-state index in [4.69, 9.17) is 16.2 Å². The first-order chi connectivity index (χ1) is 26.3. The van der Waals surface area contributed by atoms with E-state index in [9.17, 15) is 24.0 Å². The van der Waals surface area contributed by atoms with Gasteiger partial charge in [-0.2, -0.15) is 0 Å². The molecule has 0 aromatic heterocycles. The van der Waals surface area contributed by atoms with Crippen molar-refractivity contribution in [2.24, 2.45) is 11.5 Å². The second-order valence-corrected chi connectivity index (χ2v) is 15.9. The number of unbranched alkanes of at least 4 members (excludes halogenated alkanes) is 1. The van der Waals surface area contributed by atoms with Crippen molar-refractivity contribution in [2.45, 2.75) is 82.8 Å². The molecule has 7 N–H and O–H groups in total. The average molecular weight is 769 g/mol. The van der Waals surface area contributed by atoms with Crippen molar-refractivity contribution in [1.29, 1.82) is 0 Å². The van der Waals surface area contributed by atoms with Gasteiger partial charge in [0.1, 0.15) is 17.7 Å². The molecular formula is C42H52N6O6S. The maximum atomic E-state index is 14.6. The summed E-state index contributed by atoms with van der Waals surface area (Å²) in [7, 11) is 0. The van der Waals surface area contributed by atoms with Gasteiger partial charge in [0.15, 0.2) is 5.78 Å². The fourth-order valence-corrected chi connectivity index (χ4v) is 7.81. The van der Waals surface area contributed by atoms with Crippen molar-refractivity contribution >= 4 is 62.9 Å². The summed E-state index contributed by atoms with van der Waals surface area (Å²) in [6.07, 6.45) is 0.599. The van der Waals surface area contributed by atoms with Crippen LogP contribution in [0.25, 0.3) is 21.5 Å². The number of thioether (sulfide) groups is 1. The maximum Gasteiger partial charge on any atom is 0.408 e. The number of benzene rings is 4. The van der Waals surface area contributed by atoms with Gasteiger partial charge >= 0.3 is 6.09 Å². The smallest absolute Gasteiger partial charge is 0.408 e. The maximum absolute atomic E-state index is 14.6. The Morgan fingerprint density at radius 2 is 1.53 bits per heavy atom. The highest BCUT2D eigenvalue weighted by Gasteiger charge is 2.38. The molecule has 13 heteroatoms. The summed E-state index contributed by atoms with van der Waals surface area (Å²) in [5, 5.41) is 12.9. The Morgan fingerprint density at radius 1 is 0.909 bits per heavy atom. The molecular weight excluding hydrogens is 717 g/mol. The zero-order valence-corrected chi connectivity index (χ0v) is 32.5. The van der Waals surface area contributed by atoms with Gasteiger partial charge in [-0.3, -0.25) is 19.2 Å². The Hall–Kier alpha value is -4.98. The normalized spacial score (nSPS) is 18.0. The van der Waals surface area contributed by atoms with Crippen LogP contribution >= 0.6 is 11.8 Å². The Kier molecular flexibility index (Phi) is 14.3. The molecule has 0 aliphatic carbocycles. The Bertz CT molecular complexity index is 1990. The van der Waals surface area contributed by atoms with Crippen LogP contribution in [0.5, 0.6) is 0 Å². The van der Waals surface area contributed by atoms with Crippen LogP contribution in [0, 0.1) is 0 Å². The van der Waals surface area contributed by atoms with Gasteiger partial charge in [-0.1, -0.05) is 84.9 Å². The van der Waals surface area contributed by atoms with Crippen LogP contribution in [0.2, 0.25) is 0 Å². The molecule has 1 aliphatic heterocycles. The number of hydrogen-bond acceptors (Lipinski definition) is 9. The first-order valence-electron chi connectivity index (χ1n) is 18.7. The minimum Gasteiger partial charge on any atom is -0.444 e. The van der Waals surface area contributed by atoms with Crippen LogP contribution in [0.3, 0.4) is 0 Å². The summed E-state index contributed by atoms with van der Waals surface area (Å²) >= 11 is 1.26.